The van der Waals surface area contributed by atoms with Crippen molar-refractivity contribution in [3.05, 3.63) is 149 Å². The second-order valence-electron chi connectivity index (χ2n) is 16.4. The number of hydrogen-bond acceptors (Lipinski definition) is 3. The summed E-state index contributed by atoms with van der Waals surface area (Å²) in [6.07, 6.45) is 6.86. The third kappa shape index (κ3) is 9.76. The molecule has 2 aromatic heterocycles. The van der Waals surface area contributed by atoms with E-state index in [0.29, 0.717) is 5.56 Å². The third-order valence-electron chi connectivity index (χ3n) is 9.22. The second kappa shape index (κ2) is 16.4. The van der Waals surface area contributed by atoms with Gasteiger partial charge in [-0.2, -0.15) is 11.5 Å². The van der Waals surface area contributed by atoms with Gasteiger partial charge < -0.3 is 14.8 Å². The van der Waals surface area contributed by atoms with Crippen LogP contribution in [0.3, 0.4) is 0 Å². The number of nitriles is 1. The molecule has 0 aliphatic heterocycles. The zero-order chi connectivity index (χ0) is 37.8. The van der Waals surface area contributed by atoms with Gasteiger partial charge in [-0.25, -0.2) is 0 Å². The predicted molar refractivity (Wildman–Crippen MR) is 219 cm³/mol. The maximum Gasteiger partial charge on any atom is 3.00 e. The SMILES string of the molecule is C/C(=C\C(=C/C=[N-])C(C)(C)C)c1[c-]ccc2c1oc1cc(-c3cccc(C#N)c3)ccc12.CC(C)(C)c1ccc(-c2[c-]ccc(C(C)(C)C)c2)nc1.[Ir+3]. The van der Waals surface area contributed by atoms with E-state index in [1.54, 1.807) is 12.1 Å². The number of furan rings is 1. The summed E-state index contributed by atoms with van der Waals surface area (Å²) in [6.45, 7) is 21.7. The molecule has 0 unspecified atom stereocenters. The van der Waals surface area contributed by atoms with Crippen molar-refractivity contribution < 1.29 is 24.5 Å². The molecule has 0 bridgehead atoms. The van der Waals surface area contributed by atoms with Crippen molar-refractivity contribution in [1.29, 1.82) is 5.26 Å². The summed E-state index contributed by atoms with van der Waals surface area (Å²) >= 11 is 0. The number of aromatic nitrogens is 1. The van der Waals surface area contributed by atoms with Crippen molar-refractivity contribution in [3.8, 4) is 28.5 Å². The van der Waals surface area contributed by atoms with Gasteiger partial charge in [0.2, 0.25) is 0 Å². The molecule has 0 atom stereocenters. The minimum Gasteiger partial charge on any atom is -0.811 e. The monoisotopic (exact) mass is 875 g/mol. The molecule has 0 saturated heterocycles. The van der Waals surface area contributed by atoms with Crippen LogP contribution in [0.15, 0.2) is 113 Å². The van der Waals surface area contributed by atoms with E-state index in [2.05, 4.69) is 128 Å². The average molecular weight is 875 g/mol. The van der Waals surface area contributed by atoms with E-state index in [9.17, 15) is 10.7 Å². The normalized spacial score (nSPS) is 12.5. The molecule has 53 heavy (non-hydrogen) atoms. The average Bonchev–Trinajstić information content (AvgIpc) is 3.49. The molecule has 4 aromatic carbocycles. The summed E-state index contributed by atoms with van der Waals surface area (Å²) < 4.78 is 6.34. The molecule has 0 fully saturated rings. The molecule has 6 aromatic rings. The van der Waals surface area contributed by atoms with Crippen molar-refractivity contribution in [3.63, 3.8) is 0 Å². The van der Waals surface area contributed by atoms with E-state index in [0.717, 1.165) is 67.2 Å². The van der Waals surface area contributed by atoms with Gasteiger partial charge in [0, 0.05) is 17.2 Å². The predicted octanol–water partition coefficient (Wildman–Crippen LogP) is 13.1. The van der Waals surface area contributed by atoms with E-state index in [4.69, 9.17) is 4.42 Å². The van der Waals surface area contributed by atoms with Crippen LogP contribution in [0.4, 0.5) is 0 Å². The van der Waals surface area contributed by atoms with Crippen LogP contribution in [0, 0.1) is 28.9 Å². The van der Waals surface area contributed by atoms with Gasteiger partial charge >= 0.3 is 20.1 Å². The maximum atomic E-state index is 9.33. The van der Waals surface area contributed by atoms with Crippen LogP contribution < -0.4 is 0 Å². The molecule has 5 heteroatoms. The Bertz CT molecular complexity index is 2330. The van der Waals surface area contributed by atoms with Gasteiger partial charge in [0.25, 0.3) is 0 Å². The Morgan fingerprint density at radius 2 is 1.49 bits per heavy atom. The molecule has 4 nitrogen and oxygen atoms in total. The van der Waals surface area contributed by atoms with Gasteiger partial charge in [-0.15, -0.1) is 64.7 Å². The molecule has 0 saturated carbocycles. The van der Waals surface area contributed by atoms with E-state index >= 15 is 0 Å². The molecule has 0 N–H and O–H groups in total. The summed E-state index contributed by atoms with van der Waals surface area (Å²) in [7, 11) is 0. The maximum absolute atomic E-state index is 9.33. The summed E-state index contributed by atoms with van der Waals surface area (Å²) in [5.41, 5.74) is 11.9. The van der Waals surface area contributed by atoms with Crippen LogP contribution in [0.25, 0.3) is 55.3 Å². The van der Waals surface area contributed by atoms with Crippen molar-refractivity contribution in [2.75, 3.05) is 0 Å². The molecule has 0 aliphatic carbocycles. The zero-order valence-corrected chi connectivity index (χ0v) is 34.9. The standard InChI is InChI=1S/C29H24N2O.C19H24N.Ir/c1-19(15-23(13-14-30)29(2,3)4)24-9-6-10-26-25-12-11-22(17-27(25)32-28(24)26)21-8-5-7-20(16-21)18-31;1-18(2,3)15-9-7-8-14(12-15)17-11-10-16(13-20-17)19(4,5)6;/h5-8,10-17H,1-4H3;7,9-13H,1-6H3;/q-2;-1;+3/b19-15+,23-13+;;. The van der Waals surface area contributed by atoms with Gasteiger partial charge in [0.05, 0.1) is 11.6 Å². The molecule has 6 rings (SSSR count). The number of hydrogen-bond donors (Lipinski definition) is 0. The molecule has 0 aliphatic rings. The minimum absolute atomic E-state index is 0. The van der Waals surface area contributed by atoms with Gasteiger partial charge in [-0.3, -0.25) is 0 Å². The first-order valence-corrected chi connectivity index (χ1v) is 17.7. The Morgan fingerprint density at radius 1 is 0.792 bits per heavy atom. The first-order chi connectivity index (χ1) is 24.5. The number of nitrogens with zero attached hydrogens (tertiary/aromatic N) is 3. The Morgan fingerprint density at radius 3 is 2.11 bits per heavy atom. The first-order valence-electron chi connectivity index (χ1n) is 17.7. The summed E-state index contributed by atoms with van der Waals surface area (Å²) in [6, 6.07) is 37.1. The molecule has 0 radical (unpaired) electrons. The largest absolute Gasteiger partial charge is 3.00 e. The Balaban J connectivity index is 0.000000258. The van der Waals surface area contributed by atoms with Crippen LogP contribution in [-0.2, 0) is 30.9 Å². The topological polar surface area (TPSA) is 72.1 Å². The van der Waals surface area contributed by atoms with Crippen molar-refractivity contribution in [2.24, 2.45) is 5.41 Å². The van der Waals surface area contributed by atoms with E-state index in [1.165, 1.54) is 11.1 Å². The van der Waals surface area contributed by atoms with Gasteiger partial charge in [0.1, 0.15) is 5.58 Å². The fraction of sp³-hybridized carbons (Fsp3) is 0.271. The molecular weight excluding hydrogens is 827 g/mol. The number of allylic oxidation sites excluding steroid dienone is 4. The van der Waals surface area contributed by atoms with Gasteiger partial charge in [0.15, 0.2) is 0 Å². The van der Waals surface area contributed by atoms with Crippen LogP contribution in [0.2, 0.25) is 0 Å². The number of pyridine rings is 1. The Hall–Kier alpha value is -4.88. The van der Waals surface area contributed by atoms with E-state index in [-0.39, 0.29) is 36.4 Å². The number of rotatable bonds is 5. The van der Waals surface area contributed by atoms with Crippen molar-refractivity contribution in [2.45, 2.75) is 80.1 Å². The Kier molecular flexibility index (Phi) is 12.7. The molecule has 0 amide bonds. The summed E-state index contributed by atoms with van der Waals surface area (Å²) in [5, 5.41) is 20.6. The molecule has 0 spiro atoms. The van der Waals surface area contributed by atoms with Crippen molar-refractivity contribution >= 4 is 33.7 Å². The second-order valence-corrected chi connectivity index (χ2v) is 16.4. The third-order valence-corrected chi connectivity index (χ3v) is 9.22. The number of fused-ring (bicyclic) bond motifs is 3. The zero-order valence-electron chi connectivity index (χ0n) is 32.5. The van der Waals surface area contributed by atoms with Crippen molar-refractivity contribution in [1.82, 2.24) is 4.98 Å². The number of benzene rings is 4. The van der Waals surface area contributed by atoms with Crippen LogP contribution in [-0.4, -0.2) is 11.2 Å². The Labute approximate surface area is 329 Å². The van der Waals surface area contributed by atoms with Crippen LogP contribution in [0.5, 0.6) is 0 Å². The molecular formula is C48H48IrN3O. The van der Waals surface area contributed by atoms with Crippen LogP contribution >= 0.6 is 0 Å². The van der Waals surface area contributed by atoms with E-state index in [1.807, 2.05) is 55.6 Å². The first kappa shape index (κ1) is 40.9. The smallest absolute Gasteiger partial charge is 0.811 e. The minimum atomic E-state index is -0.116. The molecule has 270 valence electrons. The summed E-state index contributed by atoms with van der Waals surface area (Å²) in [4.78, 5) is 4.61. The summed E-state index contributed by atoms with van der Waals surface area (Å²) in [5.74, 6) is 0. The van der Waals surface area contributed by atoms with Gasteiger partial charge in [-0.1, -0.05) is 129 Å². The quantitative estimate of drug-likeness (QED) is 0.0984. The fourth-order valence-corrected chi connectivity index (χ4v) is 5.96. The fourth-order valence-electron chi connectivity index (χ4n) is 5.96. The van der Waals surface area contributed by atoms with Gasteiger partial charge in [-0.05, 0) is 56.8 Å². The molecule has 2 heterocycles. The van der Waals surface area contributed by atoms with Crippen LogP contribution in [0.1, 0.15) is 91.5 Å². The van der Waals surface area contributed by atoms with E-state index < -0.39 is 0 Å².